The molecule has 0 saturated heterocycles. The molecule has 0 unspecified atom stereocenters. The Morgan fingerprint density at radius 3 is 1.88 bits per heavy atom. The number of rotatable bonds is 1. The fourth-order valence-electron chi connectivity index (χ4n) is 1.66. The van der Waals surface area contributed by atoms with Crippen molar-refractivity contribution in [3.63, 3.8) is 0 Å². The van der Waals surface area contributed by atoms with E-state index in [4.69, 9.17) is 0 Å². The predicted octanol–water partition coefficient (Wildman–Crippen LogP) is 3.18. The number of hydrogen-bond acceptors (Lipinski definition) is 1. The molecule has 0 aliphatic heterocycles. The molecule has 1 fully saturated rings. The summed E-state index contributed by atoms with van der Waals surface area (Å²) in [7, 11) is 1.68. The summed E-state index contributed by atoms with van der Waals surface area (Å²) in [6.07, 6.45) is 6.31. The summed E-state index contributed by atoms with van der Waals surface area (Å²) in [5.41, 5.74) is 0. The average Bonchev–Trinajstić information content (AvgIpc) is 2.34. The van der Waals surface area contributed by atoms with Crippen molar-refractivity contribution in [2.24, 2.45) is 0 Å². The van der Waals surface area contributed by atoms with Gasteiger partial charge in [0.1, 0.15) is 0 Å². The molecule has 1 rings (SSSR count). The van der Waals surface area contributed by atoms with Crippen molar-refractivity contribution in [2.75, 3.05) is 7.05 Å². The Bertz CT molecular complexity index is 168. The average molecular weight is 416 g/mol. The Hall–Kier alpha value is 0.205. The monoisotopic (exact) mass is 417 g/mol. The van der Waals surface area contributed by atoms with Gasteiger partial charge in [-0.25, -0.2) is 0 Å². The first-order valence-electron chi connectivity index (χ1n) is 6.51. The molecule has 0 atom stereocenters. The van der Waals surface area contributed by atoms with Gasteiger partial charge < -0.3 is 0 Å². The van der Waals surface area contributed by atoms with Crippen LogP contribution in [0.2, 0.25) is 0 Å². The summed E-state index contributed by atoms with van der Waals surface area (Å²) in [5, 5.41) is 5.70. The van der Waals surface area contributed by atoms with Crippen LogP contribution in [0.4, 0.5) is 4.79 Å². The summed E-state index contributed by atoms with van der Waals surface area (Å²) in [6, 6.07) is -0.00750. The maximum atomic E-state index is 11.1. The van der Waals surface area contributed by atoms with Gasteiger partial charge in [-0.15, -0.1) is 0 Å². The second-order valence-electron chi connectivity index (χ2n) is 3.55. The number of carbonyl (C=O) groups is 1. The van der Waals surface area contributed by atoms with Gasteiger partial charge in [0.25, 0.3) is 0 Å². The predicted molar refractivity (Wildman–Crippen MR) is 66.1 cm³/mol. The molecule has 3 nitrogen and oxygen atoms in total. The summed E-state index contributed by atoms with van der Waals surface area (Å²) < 4.78 is 0.234. The van der Waals surface area contributed by atoms with E-state index in [2.05, 4.69) is 10.6 Å². The molecule has 4 heteroatoms. The molecule has 2 N–H and O–H groups in total. The molecule has 0 heterocycles. The van der Waals surface area contributed by atoms with E-state index < -0.39 is 0 Å². The van der Waals surface area contributed by atoms with E-state index >= 15 is 0 Å². The molecule has 0 bridgehead atoms. The van der Waals surface area contributed by atoms with E-state index in [0.717, 1.165) is 0 Å². The summed E-state index contributed by atoms with van der Waals surface area (Å²) >= 11 is 0.634. The van der Waals surface area contributed by atoms with Crippen molar-refractivity contribution in [1.82, 2.24) is 10.6 Å². The Labute approximate surface area is 117 Å². The van der Waals surface area contributed by atoms with Crippen LogP contribution in [0, 0.1) is 0 Å². The van der Waals surface area contributed by atoms with Crippen LogP contribution in [0.15, 0.2) is 0 Å². The number of hydrogen-bond donors (Lipinski definition) is 2. The Morgan fingerprint density at radius 1 is 1.06 bits per heavy atom. The normalized spacial score (nSPS) is 16.9. The number of nitrogens with one attached hydrogen (secondary N) is 2. The van der Waals surface area contributed by atoms with Crippen LogP contribution in [0.25, 0.3) is 0 Å². The van der Waals surface area contributed by atoms with Crippen molar-refractivity contribution in [2.45, 2.75) is 62.8 Å². The molecule has 0 spiro atoms. The molecule has 1 aliphatic carbocycles. The molecular formula is C12H27HgN2O. The van der Waals surface area contributed by atoms with Gasteiger partial charge in [0, 0.05) is 0 Å². The Balaban J connectivity index is 0. The number of urea groups is 1. The second kappa shape index (κ2) is 11.7. The van der Waals surface area contributed by atoms with Gasteiger partial charge in [0.15, 0.2) is 0 Å². The first-order chi connectivity index (χ1) is 7.66. The summed E-state index contributed by atoms with van der Waals surface area (Å²) in [6.45, 7) is 8.00. The van der Waals surface area contributed by atoms with Gasteiger partial charge in [-0.1, -0.05) is 27.7 Å². The quantitative estimate of drug-likeness (QED) is 0.634. The van der Waals surface area contributed by atoms with Crippen LogP contribution in [0.1, 0.15) is 59.8 Å². The van der Waals surface area contributed by atoms with Crippen molar-refractivity contribution >= 4 is 6.03 Å². The van der Waals surface area contributed by atoms with Crippen LogP contribution in [-0.2, 0) is 26.1 Å². The van der Waals surface area contributed by atoms with E-state index in [1.807, 2.05) is 27.7 Å². The van der Waals surface area contributed by atoms with E-state index in [1.54, 1.807) is 7.05 Å². The minimum atomic E-state index is -0.00750. The van der Waals surface area contributed by atoms with Gasteiger partial charge in [-0.2, -0.15) is 0 Å². The van der Waals surface area contributed by atoms with Crippen LogP contribution < -0.4 is 10.6 Å². The molecule has 93 valence electrons. The number of carbonyl (C=O) groups excluding carboxylic acids is 1. The minimum absolute atomic E-state index is 0.00750. The molecule has 2 amide bonds. The van der Waals surface area contributed by atoms with Gasteiger partial charge >= 0.3 is 89.8 Å². The van der Waals surface area contributed by atoms with Gasteiger partial charge in [0.05, 0.1) is 0 Å². The molecule has 0 radical (unpaired) electrons. The van der Waals surface area contributed by atoms with Crippen LogP contribution >= 0.6 is 0 Å². The third-order valence-electron chi connectivity index (χ3n) is 2.42. The summed E-state index contributed by atoms with van der Waals surface area (Å²) in [5.74, 6) is 0. The van der Waals surface area contributed by atoms with Crippen LogP contribution in [0.3, 0.4) is 0 Å². The van der Waals surface area contributed by atoms with Crippen LogP contribution in [-0.4, -0.2) is 16.1 Å². The van der Waals surface area contributed by atoms with E-state index in [9.17, 15) is 4.79 Å². The fraction of sp³-hybridized carbons (Fsp3) is 0.917. The third kappa shape index (κ3) is 8.37. The zero-order valence-electron chi connectivity index (χ0n) is 11.7. The SMILES string of the molecule is CC.CC.CNC(=O)N[C]1([Hg])CCCCC1. The van der Waals surface area contributed by atoms with Crippen molar-refractivity contribution in [1.29, 1.82) is 0 Å². The first-order valence-corrected chi connectivity index (χ1v) is 9.26. The third-order valence-corrected chi connectivity index (χ3v) is 5.85. The topological polar surface area (TPSA) is 41.1 Å². The summed E-state index contributed by atoms with van der Waals surface area (Å²) in [4.78, 5) is 11.1. The van der Waals surface area contributed by atoms with E-state index in [1.165, 1.54) is 32.1 Å². The molecule has 16 heavy (non-hydrogen) atoms. The molecule has 0 aromatic carbocycles. The van der Waals surface area contributed by atoms with Crippen molar-refractivity contribution < 1.29 is 30.9 Å². The van der Waals surface area contributed by atoms with Gasteiger partial charge in [-0.05, 0) is 0 Å². The molecule has 1 aliphatic rings. The molecule has 0 aromatic rings. The van der Waals surface area contributed by atoms with E-state index in [0.29, 0.717) is 26.1 Å². The Kier molecular flexibility index (Phi) is 13.6. The van der Waals surface area contributed by atoms with Crippen molar-refractivity contribution in [3.8, 4) is 0 Å². The second-order valence-corrected chi connectivity index (χ2v) is 8.81. The standard InChI is InChI=1S/C8H15N2O.2C2H6.Hg/c1-9-8(11)10-7-5-3-2-4-6-7;2*1-2;/h2-6H2,1H3,(H2,9,10,11);2*1-2H3;. The molecular weight excluding hydrogens is 389 g/mol. The Morgan fingerprint density at radius 2 is 1.50 bits per heavy atom. The van der Waals surface area contributed by atoms with E-state index in [-0.39, 0.29) is 9.08 Å². The first kappa shape index (κ1) is 18.6. The number of amides is 2. The fourth-order valence-corrected chi connectivity index (χ4v) is 4.22. The maximum absolute atomic E-state index is 11.1. The zero-order chi connectivity index (χ0) is 13.0. The van der Waals surface area contributed by atoms with Crippen LogP contribution in [0.5, 0.6) is 0 Å². The molecule has 0 aromatic heterocycles. The van der Waals surface area contributed by atoms with Crippen molar-refractivity contribution in [3.05, 3.63) is 0 Å². The van der Waals surface area contributed by atoms with Gasteiger partial charge in [-0.3, -0.25) is 0 Å². The molecule has 1 saturated carbocycles. The van der Waals surface area contributed by atoms with Gasteiger partial charge in [0.2, 0.25) is 0 Å². The zero-order valence-corrected chi connectivity index (χ0v) is 17.1.